The van der Waals surface area contributed by atoms with Crippen LogP contribution in [0.2, 0.25) is 0 Å². The van der Waals surface area contributed by atoms with Crippen LogP contribution in [-0.2, 0) is 0 Å². The van der Waals surface area contributed by atoms with Gasteiger partial charge in [0.1, 0.15) is 11.6 Å². The fourth-order valence-corrected chi connectivity index (χ4v) is 2.35. The highest BCUT2D eigenvalue weighted by Gasteiger charge is 2.13. The number of carbonyl (C=O) groups excluding carboxylic acids is 1. The third-order valence-electron chi connectivity index (χ3n) is 3.36. The average molecular weight is 305 g/mol. The third-order valence-corrected chi connectivity index (χ3v) is 3.36. The number of carbonyl (C=O) groups is 1. The molecule has 0 bridgehead atoms. The fourth-order valence-electron chi connectivity index (χ4n) is 2.35. The normalized spacial score (nSPS) is 18.2. The van der Waals surface area contributed by atoms with Gasteiger partial charge in [-0.25, -0.2) is 8.78 Å². The van der Waals surface area contributed by atoms with Crippen LogP contribution in [0.15, 0.2) is 18.2 Å². The van der Waals surface area contributed by atoms with E-state index < -0.39 is 17.5 Å². The van der Waals surface area contributed by atoms with Gasteiger partial charge in [0, 0.05) is 18.2 Å². The van der Waals surface area contributed by atoms with Crippen molar-refractivity contribution in [2.75, 3.05) is 19.6 Å². The van der Waals surface area contributed by atoms with E-state index in [4.69, 9.17) is 0 Å². The summed E-state index contributed by atoms with van der Waals surface area (Å²) in [6.45, 7) is 2.57. The third kappa shape index (κ3) is 5.06. The predicted molar refractivity (Wildman–Crippen MR) is 76.1 cm³/mol. The molecule has 2 N–H and O–H groups in total. The molecule has 1 aromatic rings. The lowest BCUT2D eigenvalue weighted by atomic mass is 9.96. The highest BCUT2D eigenvalue weighted by molar-refractivity contribution is 5.94. The predicted octanol–water partition coefficient (Wildman–Crippen LogP) is 2.51. The van der Waals surface area contributed by atoms with Gasteiger partial charge in [-0.1, -0.05) is 0 Å². The molecule has 3 nitrogen and oxygen atoms in total. The second-order valence-electron chi connectivity index (χ2n) is 4.92. The van der Waals surface area contributed by atoms with Crippen LogP contribution in [0.4, 0.5) is 8.78 Å². The zero-order valence-electron chi connectivity index (χ0n) is 11.1. The number of halogens is 3. The van der Waals surface area contributed by atoms with Gasteiger partial charge in [0.05, 0.1) is 0 Å². The van der Waals surface area contributed by atoms with Crippen molar-refractivity contribution in [2.24, 2.45) is 5.92 Å². The molecule has 0 spiro atoms. The highest BCUT2D eigenvalue weighted by atomic mass is 35.5. The Hall–Kier alpha value is -1.20. The molecule has 1 aliphatic rings. The Kier molecular flexibility index (Phi) is 6.88. The summed E-state index contributed by atoms with van der Waals surface area (Å²) < 4.78 is 25.9. The first-order valence-electron chi connectivity index (χ1n) is 6.60. The van der Waals surface area contributed by atoms with Crippen LogP contribution >= 0.6 is 12.4 Å². The van der Waals surface area contributed by atoms with Crippen LogP contribution in [0.5, 0.6) is 0 Å². The SMILES string of the molecule is Cl.O=C(NCCC1CCCNC1)c1cc(F)cc(F)c1. The zero-order chi connectivity index (χ0) is 13.7. The molecule has 1 heterocycles. The van der Waals surface area contributed by atoms with Crippen molar-refractivity contribution in [2.45, 2.75) is 19.3 Å². The summed E-state index contributed by atoms with van der Waals surface area (Å²) in [5.74, 6) is -1.33. The van der Waals surface area contributed by atoms with Crippen LogP contribution < -0.4 is 10.6 Å². The Morgan fingerprint density at radius 2 is 2.00 bits per heavy atom. The molecule has 0 saturated carbocycles. The van der Waals surface area contributed by atoms with Crippen LogP contribution in [0, 0.1) is 17.6 Å². The standard InChI is InChI=1S/C14H18F2N2O.ClH/c15-12-6-11(7-13(16)8-12)14(19)18-5-3-10-2-1-4-17-9-10;/h6-8,10,17H,1-5,9H2,(H,18,19);1H. The highest BCUT2D eigenvalue weighted by Crippen LogP contribution is 2.13. The molecule has 0 aliphatic carbocycles. The van der Waals surface area contributed by atoms with Gasteiger partial charge in [-0.05, 0) is 50.4 Å². The monoisotopic (exact) mass is 304 g/mol. The quantitative estimate of drug-likeness (QED) is 0.897. The van der Waals surface area contributed by atoms with Crippen LogP contribution in [0.25, 0.3) is 0 Å². The van der Waals surface area contributed by atoms with Crippen LogP contribution in [-0.4, -0.2) is 25.5 Å². The Morgan fingerprint density at radius 1 is 1.30 bits per heavy atom. The summed E-state index contributed by atoms with van der Waals surface area (Å²) >= 11 is 0. The van der Waals surface area contributed by atoms with Gasteiger partial charge in [-0.2, -0.15) is 0 Å². The largest absolute Gasteiger partial charge is 0.352 e. The first-order chi connectivity index (χ1) is 9.15. The van der Waals surface area contributed by atoms with E-state index in [0.717, 1.165) is 50.6 Å². The van der Waals surface area contributed by atoms with Gasteiger partial charge >= 0.3 is 0 Å². The molecule has 20 heavy (non-hydrogen) atoms. The lowest BCUT2D eigenvalue weighted by Gasteiger charge is -2.22. The van der Waals surface area contributed by atoms with E-state index in [2.05, 4.69) is 10.6 Å². The van der Waals surface area contributed by atoms with E-state index in [1.165, 1.54) is 0 Å². The number of benzene rings is 1. The van der Waals surface area contributed by atoms with Gasteiger partial charge < -0.3 is 10.6 Å². The van der Waals surface area contributed by atoms with Crippen LogP contribution in [0.1, 0.15) is 29.6 Å². The fraction of sp³-hybridized carbons (Fsp3) is 0.500. The molecule has 1 fully saturated rings. The molecule has 1 atom stereocenters. The lowest BCUT2D eigenvalue weighted by molar-refractivity contribution is 0.0949. The maximum Gasteiger partial charge on any atom is 0.251 e. The average Bonchev–Trinajstić information content (AvgIpc) is 2.38. The van der Waals surface area contributed by atoms with Crippen molar-refractivity contribution in [1.82, 2.24) is 10.6 Å². The van der Waals surface area contributed by atoms with Crippen molar-refractivity contribution in [3.63, 3.8) is 0 Å². The second-order valence-corrected chi connectivity index (χ2v) is 4.92. The van der Waals surface area contributed by atoms with E-state index in [9.17, 15) is 13.6 Å². The van der Waals surface area contributed by atoms with E-state index in [1.54, 1.807) is 0 Å². The molecule has 6 heteroatoms. The number of hydrogen-bond acceptors (Lipinski definition) is 2. The molecule has 0 radical (unpaired) electrons. The molecule has 1 saturated heterocycles. The molecule has 2 rings (SSSR count). The van der Waals surface area contributed by atoms with Gasteiger partial charge in [0.25, 0.3) is 5.91 Å². The zero-order valence-corrected chi connectivity index (χ0v) is 11.9. The molecule has 1 aromatic carbocycles. The minimum absolute atomic E-state index is 0. The van der Waals surface area contributed by atoms with Gasteiger partial charge in [-0.15, -0.1) is 12.4 Å². The maximum absolute atomic E-state index is 13.0. The van der Waals surface area contributed by atoms with Crippen molar-refractivity contribution < 1.29 is 13.6 Å². The summed E-state index contributed by atoms with van der Waals surface area (Å²) in [4.78, 5) is 11.7. The number of piperidine rings is 1. The maximum atomic E-state index is 13.0. The lowest BCUT2D eigenvalue weighted by Crippen LogP contribution is -2.33. The van der Waals surface area contributed by atoms with E-state index in [-0.39, 0.29) is 18.0 Å². The molecule has 112 valence electrons. The summed E-state index contributed by atoms with van der Waals surface area (Å²) in [6, 6.07) is 2.84. The molecule has 1 aliphatic heterocycles. The van der Waals surface area contributed by atoms with Crippen LogP contribution in [0.3, 0.4) is 0 Å². The number of amides is 1. The summed E-state index contributed by atoms with van der Waals surface area (Å²) in [5.41, 5.74) is 0.0271. The summed E-state index contributed by atoms with van der Waals surface area (Å²) in [5, 5.41) is 6.01. The molecule has 1 unspecified atom stereocenters. The molecular formula is C14H19ClF2N2O. The van der Waals surface area contributed by atoms with Crippen molar-refractivity contribution in [1.29, 1.82) is 0 Å². The Morgan fingerprint density at radius 3 is 2.60 bits per heavy atom. The first-order valence-corrected chi connectivity index (χ1v) is 6.60. The van der Waals surface area contributed by atoms with E-state index in [1.807, 2.05) is 0 Å². The first kappa shape index (κ1) is 16.9. The summed E-state index contributed by atoms with van der Waals surface area (Å²) in [6.07, 6.45) is 3.21. The smallest absolute Gasteiger partial charge is 0.251 e. The number of nitrogens with one attached hydrogen (secondary N) is 2. The van der Waals surface area contributed by atoms with Crippen molar-refractivity contribution >= 4 is 18.3 Å². The molecular weight excluding hydrogens is 286 g/mol. The topological polar surface area (TPSA) is 41.1 Å². The van der Waals surface area contributed by atoms with E-state index >= 15 is 0 Å². The second kappa shape index (κ2) is 8.17. The van der Waals surface area contributed by atoms with Gasteiger partial charge in [0.15, 0.2) is 0 Å². The van der Waals surface area contributed by atoms with Gasteiger partial charge in [-0.3, -0.25) is 4.79 Å². The summed E-state index contributed by atoms with van der Waals surface area (Å²) in [7, 11) is 0. The van der Waals surface area contributed by atoms with Crippen molar-refractivity contribution in [3.05, 3.63) is 35.4 Å². The number of rotatable bonds is 4. The minimum Gasteiger partial charge on any atom is -0.352 e. The molecule has 0 aromatic heterocycles. The minimum atomic E-state index is -0.735. The Bertz CT molecular complexity index is 431. The van der Waals surface area contributed by atoms with E-state index in [0.29, 0.717) is 12.5 Å². The Labute approximate surface area is 123 Å². The Balaban J connectivity index is 0.00000200. The number of hydrogen-bond donors (Lipinski definition) is 2. The van der Waals surface area contributed by atoms with Gasteiger partial charge in [0.2, 0.25) is 0 Å². The molecule has 1 amide bonds. The van der Waals surface area contributed by atoms with Crippen molar-refractivity contribution in [3.8, 4) is 0 Å².